The SMILES string of the molecule is c1ccc(-c2cc(-c3ccccc3)c3c(c2)oc2cc(-c4nc(-c5ccccc5)nc(-c5ccc6c(c5)oc5ccccc56)n4)ccc23)cc1. The monoisotopic (exact) mass is 641 g/mol. The number of aromatic nitrogens is 3. The Morgan fingerprint density at radius 1 is 0.300 bits per heavy atom. The Labute approximate surface area is 287 Å². The molecule has 50 heavy (non-hydrogen) atoms. The molecule has 0 aliphatic carbocycles. The minimum Gasteiger partial charge on any atom is -0.456 e. The second-order valence-corrected chi connectivity index (χ2v) is 12.4. The fourth-order valence-corrected chi connectivity index (χ4v) is 6.90. The summed E-state index contributed by atoms with van der Waals surface area (Å²) >= 11 is 0. The Hall–Kier alpha value is -6.85. The fraction of sp³-hybridized carbons (Fsp3) is 0. The number of benzene rings is 7. The predicted molar refractivity (Wildman–Crippen MR) is 202 cm³/mol. The van der Waals surface area contributed by atoms with E-state index in [1.807, 2.05) is 72.8 Å². The Morgan fingerprint density at radius 2 is 0.780 bits per heavy atom. The van der Waals surface area contributed by atoms with Crippen LogP contribution in [0.5, 0.6) is 0 Å². The van der Waals surface area contributed by atoms with Crippen molar-refractivity contribution in [3.05, 3.63) is 164 Å². The average Bonchev–Trinajstić information content (AvgIpc) is 3.76. The van der Waals surface area contributed by atoms with Crippen LogP contribution in [0.25, 0.3) is 100 Å². The maximum Gasteiger partial charge on any atom is 0.164 e. The van der Waals surface area contributed by atoms with Crippen LogP contribution in [0.4, 0.5) is 0 Å². The van der Waals surface area contributed by atoms with Gasteiger partial charge in [-0.3, -0.25) is 0 Å². The van der Waals surface area contributed by atoms with Crippen molar-refractivity contribution in [1.29, 1.82) is 0 Å². The molecule has 0 amide bonds. The molecule has 0 saturated carbocycles. The molecule has 10 aromatic rings. The lowest BCUT2D eigenvalue weighted by Gasteiger charge is -2.09. The molecule has 0 unspecified atom stereocenters. The van der Waals surface area contributed by atoms with Gasteiger partial charge in [0.1, 0.15) is 22.3 Å². The van der Waals surface area contributed by atoms with E-state index >= 15 is 0 Å². The van der Waals surface area contributed by atoms with Crippen LogP contribution in [-0.2, 0) is 0 Å². The molecule has 3 aromatic heterocycles. The summed E-state index contributed by atoms with van der Waals surface area (Å²) in [6.07, 6.45) is 0. The van der Waals surface area contributed by atoms with Crippen molar-refractivity contribution >= 4 is 43.9 Å². The summed E-state index contributed by atoms with van der Waals surface area (Å²) in [4.78, 5) is 15.0. The molecule has 0 radical (unpaired) electrons. The first-order valence-electron chi connectivity index (χ1n) is 16.6. The van der Waals surface area contributed by atoms with Crippen LogP contribution in [0.2, 0.25) is 0 Å². The van der Waals surface area contributed by atoms with E-state index in [1.54, 1.807) is 0 Å². The molecule has 5 nitrogen and oxygen atoms in total. The molecule has 3 heterocycles. The third-order valence-corrected chi connectivity index (χ3v) is 9.33. The summed E-state index contributed by atoms with van der Waals surface area (Å²) in [5, 5.41) is 4.26. The zero-order chi connectivity index (χ0) is 33.0. The minimum atomic E-state index is 0.564. The van der Waals surface area contributed by atoms with Gasteiger partial charge < -0.3 is 8.83 Å². The Bertz CT molecular complexity index is 2860. The van der Waals surface area contributed by atoms with Crippen molar-refractivity contribution in [2.45, 2.75) is 0 Å². The van der Waals surface area contributed by atoms with Gasteiger partial charge in [-0.15, -0.1) is 0 Å². The van der Waals surface area contributed by atoms with Crippen molar-refractivity contribution in [2.75, 3.05) is 0 Å². The topological polar surface area (TPSA) is 65.0 Å². The summed E-state index contributed by atoms with van der Waals surface area (Å²) in [6, 6.07) is 55.8. The number of furan rings is 2. The summed E-state index contributed by atoms with van der Waals surface area (Å²) in [6.45, 7) is 0. The van der Waals surface area contributed by atoms with E-state index in [1.165, 1.54) is 0 Å². The lowest BCUT2D eigenvalue weighted by atomic mass is 9.94. The van der Waals surface area contributed by atoms with Crippen LogP contribution >= 0.6 is 0 Å². The van der Waals surface area contributed by atoms with Crippen molar-refractivity contribution in [1.82, 2.24) is 15.0 Å². The zero-order valence-corrected chi connectivity index (χ0v) is 26.7. The molecule has 0 saturated heterocycles. The molecular weight excluding hydrogens is 615 g/mol. The summed E-state index contributed by atoms with van der Waals surface area (Å²) in [7, 11) is 0. The summed E-state index contributed by atoms with van der Waals surface area (Å²) in [5.41, 5.74) is 10.4. The predicted octanol–water partition coefficient (Wildman–Crippen LogP) is 12.0. The van der Waals surface area contributed by atoms with Gasteiger partial charge in [-0.05, 0) is 64.7 Å². The zero-order valence-electron chi connectivity index (χ0n) is 26.7. The second-order valence-electron chi connectivity index (χ2n) is 12.4. The van der Waals surface area contributed by atoms with Gasteiger partial charge in [-0.1, -0.05) is 121 Å². The molecule has 5 heteroatoms. The highest BCUT2D eigenvalue weighted by atomic mass is 16.3. The first kappa shape index (κ1) is 28.2. The summed E-state index contributed by atoms with van der Waals surface area (Å²) < 4.78 is 12.9. The van der Waals surface area contributed by atoms with Crippen LogP contribution in [-0.4, -0.2) is 15.0 Å². The Balaban J connectivity index is 1.15. The van der Waals surface area contributed by atoms with Gasteiger partial charge in [-0.2, -0.15) is 0 Å². The fourth-order valence-electron chi connectivity index (χ4n) is 6.90. The molecule has 0 N–H and O–H groups in total. The Morgan fingerprint density at radius 3 is 1.46 bits per heavy atom. The first-order valence-corrected chi connectivity index (χ1v) is 16.6. The highest BCUT2D eigenvalue weighted by Gasteiger charge is 2.19. The quantitative estimate of drug-likeness (QED) is 0.187. The van der Waals surface area contributed by atoms with Gasteiger partial charge in [0.2, 0.25) is 0 Å². The van der Waals surface area contributed by atoms with Crippen LogP contribution < -0.4 is 0 Å². The number of hydrogen-bond acceptors (Lipinski definition) is 5. The smallest absolute Gasteiger partial charge is 0.164 e. The number of hydrogen-bond donors (Lipinski definition) is 0. The molecule has 0 spiro atoms. The van der Waals surface area contributed by atoms with Gasteiger partial charge in [-0.25, -0.2) is 15.0 Å². The lowest BCUT2D eigenvalue weighted by Crippen LogP contribution is -2.00. The molecule has 0 atom stereocenters. The number of fused-ring (bicyclic) bond motifs is 6. The van der Waals surface area contributed by atoms with Gasteiger partial charge >= 0.3 is 0 Å². The molecule has 0 aliphatic heterocycles. The normalized spacial score (nSPS) is 11.6. The van der Waals surface area contributed by atoms with Crippen molar-refractivity contribution < 1.29 is 8.83 Å². The van der Waals surface area contributed by atoms with Crippen LogP contribution in [0.1, 0.15) is 0 Å². The first-order chi connectivity index (χ1) is 24.7. The van der Waals surface area contributed by atoms with Crippen LogP contribution in [0.15, 0.2) is 173 Å². The van der Waals surface area contributed by atoms with Crippen molar-refractivity contribution in [3.63, 3.8) is 0 Å². The Kier molecular flexibility index (Phi) is 6.42. The van der Waals surface area contributed by atoms with E-state index < -0.39 is 0 Å². The third kappa shape index (κ3) is 4.75. The largest absolute Gasteiger partial charge is 0.456 e. The van der Waals surface area contributed by atoms with Crippen LogP contribution in [0.3, 0.4) is 0 Å². The van der Waals surface area contributed by atoms with Crippen molar-refractivity contribution in [3.8, 4) is 56.4 Å². The third-order valence-electron chi connectivity index (χ3n) is 9.33. The van der Waals surface area contributed by atoms with E-state index in [9.17, 15) is 0 Å². The molecule has 234 valence electrons. The van der Waals surface area contributed by atoms with Gasteiger partial charge in [0.25, 0.3) is 0 Å². The highest BCUT2D eigenvalue weighted by molar-refractivity contribution is 6.14. The number of para-hydroxylation sites is 1. The number of rotatable bonds is 5. The van der Waals surface area contributed by atoms with Gasteiger partial charge in [0.15, 0.2) is 17.5 Å². The van der Waals surface area contributed by atoms with E-state index in [2.05, 4.69) is 91.0 Å². The van der Waals surface area contributed by atoms with Gasteiger partial charge in [0.05, 0.1) is 0 Å². The molecule has 0 fully saturated rings. The molecular formula is C45H27N3O2. The standard InChI is InChI=1S/C45H27N3O2/c1-4-12-28(13-5-1)33-24-37(29-14-6-2-7-15-29)42-36-23-21-32(26-40(36)50-41(42)27-33)45-47-43(30-16-8-3-9-17-30)46-44(48-45)31-20-22-35-34-18-10-11-19-38(34)49-39(35)25-31/h1-27H. The maximum absolute atomic E-state index is 6.66. The van der Waals surface area contributed by atoms with E-state index in [4.69, 9.17) is 23.8 Å². The maximum atomic E-state index is 6.66. The number of nitrogens with zero attached hydrogens (tertiary/aromatic N) is 3. The molecule has 10 rings (SSSR count). The molecule has 0 bridgehead atoms. The molecule has 0 aliphatic rings. The molecule has 7 aromatic carbocycles. The van der Waals surface area contributed by atoms with E-state index in [0.717, 1.165) is 82.8 Å². The van der Waals surface area contributed by atoms with Gasteiger partial charge in [0, 0.05) is 38.2 Å². The lowest BCUT2D eigenvalue weighted by molar-refractivity contribution is 0.669. The van der Waals surface area contributed by atoms with Crippen molar-refractivity contribution in [2.24, 2.45) is 0 Å². The second kappa shape index (κ2) is 11.4. The van der Waals surface area contributed by atoms with E-state index in [0.29, 0.717) is 17.5 Å². The average molecular weight is 642 g/mol. The van der Waals surface area contributed by atoms with Crippen LogP contribution in [0, 0.1) is 0 Å². The van der Waals surface area contributed by atoms with E-state index in [-0.39, 0.29) is 0 Å². The summed E-state index contributed by atoms with van der Waals surface area (Å²) in [5.74, 6) is 1.73. The highest BCUT2D eigenvalue weighted by Crippen LogP contribution is 2.41. The minimum absolute atomic E-state index is 0.564.